The van der Waals surface area contributed by atoms with Gasteiger partial charge in [-0.3, -0.25) is 4.79 Å². The Hall–Kier alpha value is -2.96. The molecule has 0 spiro atoms. The molecule has 0 aliphatic carbocycles. The molecule has 0 saturated heterocycles. The lowest BCUT2D eigenvalue weighted by Crippen LogP contribution is -2.66. The zero-order valence-corrected chi connectivity index (χ0v) is 18.8. The van der Waals surface area contributed by atoms with Crippen LogP contribution in [0.5, 0.6) is 5.75 Å². The van der Waals surface area contributed by atoms with Crippen LogP contribution in [0.1, 0.15) is 36.8 Å². The van der Waals surface area contributed by atoms with Crippen LogP contribution in [0.3, 0.4) is 0 Å². The molecule has 0 radical (unpaired) electrons. The highest BCUT2D eigenvalue weighted by atomic mass is 28.4. The summed E-state index contributed by atoms with van der Waals surface area (Å²) in [5.74, 6) is -0.579. The minimum atomic E-state index is -2.68. The topological polar surface area (TPSA) is 71.5 Å². The molecule has 156 valence electrons. The van der Waals surface area contributed by atoms with Crippen molar-refractivity contribution >= 4 is 24.6 Å². The Labute approximate surface area is 178 Å². The van der Waals surface area contributed by atoms with Gasteiger partial charge in [-0.15, -0.1) is 0 Å². The third-order valence-electron chi connectivity index (χ3n) is 5.24. The van der Waals surface area contributed by atoms with Gasteiger partial charge in [0.1, 0.15) is 5.75 Å². The third kappa shape index (κ3) is 4.15. The van der Waals surface area contributed by atoms with Gasteiger partial charge in [0.2, 0.25) is 0 Å². The average Bonchev–Trinajstić information content (AvgIpc) is 2.74. The van der Waals surface area contributed by atoms with E-state index in [1.807, 2.05) is 36.4 Å². The Bertz CT molecular complexity index is 962. The highest BCUT2D eigenvalue weighted by Gasteiger charge is 2.50. The summed E-state index contributed by atoms with van der Waals surface area (Å²) in [7, 11) is -1.18. The smallest absolute Gasteiger partial charge is 0.273 e. The second kappa shape index (κ2) is 8.81. The first-order valence-corrected chi connectivity index (χ1v) is 11.9. The van der Waals surface area contributed by atoms with Crippen molar-refractivity contribution in [3.63, 3.8) is 0 Å². The minimum Gasteiger partial charge on any atom is -0.505 e. The Kier molecular flexibility index (Phi) is 6.39. The number of hydrogen-bond donors (Lipinski definition) is 2. The summed E-state index contributed by atoms with van der Waals surface area (Å²) in [6.45, 7) is 6.92. The second-order valence-electron chi connectivity index (χ2n) is 8.24. The van der Waals surface area contributed by atoms with Crippen molar-refractivity contribution < 1.29 is 14.3 Å². The molecule has 0 aliphatic rings. The molecule has 3 rings (SSSR count). The number of amides is 1. The molecule has 1 heterocycles. The number of carbonyl (C=O) groups is 1. The van der Waals surface area contributed by atoms with Gasteiger partial charge in [-0.25, -0.2) is 4.98 Å². The van der Waals surface area contributed by atoms with Gasteiger partial charge < -0.3 is 14.8 Å². The van der Waals surface area contributed by atoms with Crippen LogP contribution < -0.4 is 15.7 Å². The van der Waals surface area contributed by atoms with E-state index >= 15 is 0 Å². The molecule has 2 aromatic carbocycles. The molecule has 0 saturated carbocycles. The Morgan fingerprint density at radius 2 is 1.57 bits per heavy atom. The van der Waals surface area contributed by atoms with E-state index < -0.39 is 14.2 Å². The summed E-state index contributed by atoms with van der Waals surface area (Å²) in [4.78, 5) is 15.9. The zero-order chi connectivity index (χ0) is 21.8. The van der Waals surface area contributed by atoms with E-state index in [2.05, 4.69) is 55.3 Å². The molecule has 0 aliphatic heterocycles. The van der Waals surface area contributed by atoms with Crippen molar-refractivity contribution in [1.82, 2.24) is 10.3 Å². The summed E-state index contributed by atoms with van der Waals surface area (Å²) in [6, 6.07) is 22.3. The van der Waals surface area contributed by atoms with Crippen LogP contribution in [-0.2, 0) is 11.0 Å². The fourth-order valence-electron chi connectivity index (χ4n) is 3.82. The zero-order valence-electron chi connectivity index (χ0n) is 17.8. The van der Waals surface area contributed by atoms with Gasteiger partial charge in [-0.2, -0.15) is 0 Å². The number of benzene rings is 2. The maximum absolute atomic E-state index is 11.8. The average molecular weight is 421 g/mol. The first-order chi connectivity index (χ1) is 14.3. The molecule has 0 fully saturated rings. The Morgan fingerprint density at radius 3 is 2.00 bits per heavy atom. The van der Waals surface area contributed by atoms with E-state index in [1.165, 1.54) is 17.4 Å². The normalized spacial score (nSPS) is 11.9. The molecule has 3 aromatic rings. The van der Waals surface area contributed by atoms with Crippen molar-refractivity contribution in [2.24, 2.45) is 0 Å². The molecular weight excluding hydrogens is 392 g/mol. The molecule has 1 aromatic heterocycles. The fourth-order valence-corrected chi connectivity index (χ4v) is 8.36. The molecule has 30 heavy (non-hydrogen) atoms. The lowest BCUT2D eigenvalue weighted by atomic mass is 10.2. The quantitative estimate of drug-likeness (QED) is 0.601. The van der Waals surface area contributed by atoms with Crippen LogP contribution >= 0.6 is 0 Å². The van der Waals surface area contributed by atoms with Gasteiger partial charge in [0.15, 0.2) is 5.69 Å². The number of carbonyl (C=O) groups excluding carboxylic acids is 1. The standard InChI is InChI=1S/C24H28N2O3Si/c1-24(2,3)30(19-11-7-5-8-12-19,20-13-9-6-10-14-20)29-17-18-15-21(27)22(26-16-18)23(28)25-4/h5-16,27H,17H2,1-4H3,(H,25,28). The van der Waals surface area contributed by atoms with E-state index in [1.54, 1.807) is 12.3 Å². The van der Waals surface area contributed by atoms with Crippen LogP contribution in [0.2, 0.25) is 5.04 Å². The summed E-state index contributed by atoms with van der Waals surface area (Å²) in [5, 5.41) is 14.9. The lowest BCUT2D eigenvalue weighted by Gasteiger charge is -2.43. The van der Waals surface area contributed by atoms with Gasteiger partial charge in [0.25, 0.3) is 14.2 Å². The van der Waals surface area contributed by atoms with E-state index in [0.717, 1.165) is 0 Å². The molecule has 6 heteroatoms. The van der Waals surface area contributed by atoms with E-state index in [9.17, 15) is 9.90 Å². The lowest BCUT2D eigenvalue weighted by molar-refractivity contribution is 0.0955. The number of pyridine rings is 1. The van der Waals surface area contributed by atoms with Gasteiger partial charge in [0, 0.05) is 13.2 Å². The fraction of sp³-hybridized carbons (Fsp3) is 0.250. The SMILES string of the molecule is CNC(=O)c1ncc(CO[Si](c2ccccc2)(c2ccccc2)C(C)(C)C)cc1O. The number of rotatable bonds is 6. The summed E-state index contributed by atoms with van der Waals surface area (Å²) in [6.07, 6.45) is 1.59. The summed E-state index contributed by atoms with van der Waals surface area (Å²) < 4.78 is 6.82. The summed E-state index contributed by atoms with van der Waals surface area (Å²) in [5.41, 5.74) is 0.722. The molecule has 0 bridgehead atoms. The maximum atomic E-state index is 11.8. The van der Waals surface area contributed by atoms with E-state index in [0.29, 0.717) is 5.56 Å². The van der Waals surface area contributed by atoms with Crippen LogP contribution in [-0.4, -0.2) is 31.4 Å². The molecule has 2 N–H and O–H groups in total. The summed E-state index contributed by atoms with van der Waals surface area (Å²) >= 11 is 0. The molecule has 5 nitrogen and oxygen atoms in total. The van der Waals surface area contributed by atoms with Crippen molar-refractivity contribution in [2.45, 2.75) is 32.4 Å². The Balaban J connectivity index is 2.04. The first kappa shape index (κ1) is 21.7. The largest absolute Gasteiger partial charge is 0.505 e. The predicted octanol–water partition coefficient (Wildman–Crippen LogP) is 3.22. The van der Waals surface area contributed by atoms with Crippen molar-refractivity contribution in [3.8, 4) is 5.75 Å². The van der Waals surface area contributed by atoms with Crippen LogP contribution in [0, 0.1) is 0 Å². The van der Waals surface area contributed by atoms with E-state index in [4.69, 9.17) is 4.43 Å². The maximum Gasteiger partial charge on any atom is 0.273 e. The van der Waals surface area contributed by atoms with Gasteiger partial charge in [0.05, 0.1) is 6.61 Å². The number of nitrogens with zero attached hydrogens (tertiary/aromatic N) is 1. The number of hydrogen-bond acceptors (Lipinski definition) is 4. The van der Waals surface area contributed by atoms with Gasteiger partial charge >= 0.3 is 0 Å². The molecule has 0 atom stereocenters. The number of aromatic nitrogens is 1. The highest BCUT2D eigenvalue weighted by molar-refractivity contribution is 6.99. The minimum absolute atomic E-state index is 0.00620. The second-order valence-corrected chi connectivity index (χ2v) is 12.5. The molecule has 0 unspecified atom stereocenters. The van der Waals surface area contributed by atoms with Gasteiger partial charge in [-0.1, -0.05) is 81.4 Å². The van der Waals surface area contributed by atoms with Crippen molar-refractivity contribution in [2.75, 3.05) is 7.05 Å². The van der Waals surface area contributed by atoms with E-state index in [-0.39, 0.29) is 23.1 Å². The van der Waals surface area contributed by atoms with Crippen LogP contribution in [0.15, 0.2) is 72.9 Å². The number of aromatic hydroxyl groups is 1. The molecular formula is C24H28N2O3Si. The first-order valence-electron chi connectivity index (χ1n) is 9.94. The monoisotopic (exact) mass is 420 g/mol. The van der Waals surface area contributed by atoms with Crippen LogP contribution in [0.25, 0.3) is 0 Å². The number of nitrogens with one attached hydrogen (secondary N) is 1. The van der Waals surface area contributed by atoms with Crippen molar-refractivity contribution in [3.05, 3.63) is 84.2 Å². The van der Waals surface area contributed by atoms with Crippen molar-refractivity contribution in [1.29, 1.82) is 0 Å². The highest BCUT2D eigenvalue weighted by Crippen LogP contribution is 2.37. The Morgan fingerprint density at radius 1 is 1.03 bits per heavy atom. The van der Waals surface area contributed by atoms with Crippen LogP contribution in [0.4, 0.5) is 0 Å². The van der Waals surface area contributed by atoms with Gasteiger partial charge in [-0.05, 0) is 27.0 Å². The molecule has 1 amide bonds. The predicted molar refractivity (Wildman–Crippen MR) is 122 cm³/mol. The third-order valence-corrected chi connectivity index (χ3v) is 10.2.